The van der Waals surface area contributed by atoms with Gasteiger partial charge in [-0.05, 0) is 36.4 Å². The zero-order chi connectivity index (χ0) is 22.2. The Morgan fingerprint density at radius 1 is 1.03 bits per heavy atom. The Balaban J connectivity index is 1.38. The number of fused-ring (bicyclic) bond motifs is 2. The predicted molar refractivity (Wildman–Crippen MR) is 126 cm³/mol. The summed E-state index contributed by atoms with van der Waals surface area (Å²) in [7, 11) is 1.92. The summed E-state index contributed by atoms with van der Waals surface area (Å²) >= 11 is 7.34. The number of hydrogen-bond donors (Lipinski definition) is 3. The van der Waals surface area contributed by atoms with Crippen molar-refractivity contribution in [3.63, 3.8) is 0 Å². The third kappa shape index (κ3) is 3.93. The second-order valence-electron chi connectivity index (χ2n) is 7.25. The van der Waals surface area contributed by atoms with E-state index in [1.807, 2.05) is 36.1 Å². The molecule has 0 bridgehead atoms. The zero-order valence-electron chi connectivity index (χ0n) is 16.8. The SMILES string of the molecule is C[n+]1ccc2nc(C(=O)Nc3ccccc3NC(=O)c3cc4cc(Cl)ccc4[nH]3)sc2c1. The molecule has 0 atom stereocenters. The first kappa shape index (κ1) is 20.2. The average Bonchev–Trinajstić information content (AvgIpc) is 3.38. The maximum atomic E-state index is 12.8. The number of halogens is 1. The maximum absolute atomic E-state index is 12.8. The Hall–Kier alpha value is -3.75. The van der Waals surface area contributed by atoms with Crippen LogP contribution in [-0.2, 0) is 7.05 Å². The lowest BCUT2D eigenvalue weighted by Gasteiger charge is -2.11. The molecule has 5 rings (SSSR count). The van der Waals surface area contributed by atoms with Gasteiger partial charge in [0.15, 0.2) is 17.4 Å². The minimum Gasteiger partial charge on any atom is -0.351 e. The van der Waals surface area contributed by atoms with E-state index >= 15 is 0 Å². The molecule has 0 fully saturated rings. The molecule has 2 amide bonds. The number of rotatable bonds is 4. The summed E-state index contributed by atoms with van der Waals surface area (Å²) in [5, 5.41) is 7.49. The molecule has 158 valence electrons. The van der Waals surface area contributed by atoms with Crippen molar-refractivity contribution < 1.29 is 14.2 Å². The smallest absolute Gasteiger partial charge is 0.284 e. The lowest BCUT2D eigenvalue weighted by molar-refractivity contribution is -0.670. The lowest BCUT2D eigenvalue weighted by Crippen LogP contribution is -2.25. The molecule has 5 aromatic rings. The zero-order valence-corrected chi connectivity index (χ0v) is 18.4. The van der Waals surface area contributed by atoms with Gasteiger partial charge in [-0.1, -0.05) is 23.7 Å². The number of pyridine rings is 1. The summed E-state index contributed by atoms with van der Waals surface area (Å²) in [5.41, 5.74) is 2.93. The van der Waals surface area contributed by atoms with Gasteiger partial charge in [-0.3, -0.25) is 9.59 Å². The number of carbonyl (C=O) groups is 2. The lowest BCUT2D eigenvalue weighted by atomic mass is 10.2. The van der Waals surface area contributed by atoms with Gasteiger partial charge in [0.2, 0.25) is 0 Å². The fourth-order valence-corrected chi connectivity index (χ4v) is 4.48. The van der Waals surface area contributed by atoms with Gasteiger partial charge in [0.1, 0.15) is 17.4 Å². The molecule has 0 saturated heterocycles. The number of H-pyrrole nitrogens is 1. The van der Waals surface area contributed by atoms with E-state index in [4.69, 9.17) is 11.6 Å². The van der Waals surface area contributed by atoms with Gasteiger partial charge in [0, 0.05) is 22.0 Å². The summed E-state index contributed by atoms with van der Waals surface area (Å²) < 4.78 is 2.83. The molecule has 0 radical (unpaired) electrons. The molecule has 9 heteroatoms. The summed E-state index contributed by atoms with van der Waals surface area (Å²) in [6.45, 7) is 0. The van der Waals surface area contributed by atoms with Gasteiger partial charge in [-0.2, -0.15) is 0 Å². The van der Waals surface area contributed by atoms with Crippen molar-refractivity contribution in [2.24, 2.45) is 7.05 Å². The Kier molecular flexibility index (Phi) is 5.08. The summed E-state index contributed by atoms with van der Waals surface area (Å²) in [6.07, 6.45) is 3.80. The highest BCUT2D eigenvalue weighted by atomic mass is 35.5. The normalized spacial score (nSPS) is 11.1. The van der Waals surface area contributed by atoms with Crippen LogP contribution in [0.25, 0.3) is 21.1 Å². The maximum Gasteiger partial charge on any atom is 0.284 e. The van der Waals surface area contributed by atoms with Crippen molar-refractivity contribution in [1.82, 2.24) is 9.97 Å². The van der Waals surface area contributed by atoms with Crippen LogP contribution in [0.15, 0.2) is 67.0 Å². The van der Waals surface area contributed by atoms with E-state index in [0.29, 0.717) is 27.1 Å². The predicted octanol–water partition coefficient (Wildman–Crippen LogP) is 4.76. The monoisotopic (exact) mass is 462 g/mol. The summed E-state index contributed by atoms with van der Waals surface area (Å²) in [4.78, 5) is 33.1. The minimum absolute atomic E-state index is 0.327. The number of thiazole rings is 1. The molecule has 0 saturated carbocycles. The highest BCUT2D eigenvalue weighted by molar-refractivity contribution is 7.20. The highest BCUT2D eigenvalue weighted by Gasteiger charge is 2.17. The van der Waals surface area contributed by atoms with Crippen LogP contribution in [0.1, 0.15) is 20.3 Å². The molecule has 2 aromatic carbocycles. The quantitative estimate of drug-likeness (QED) is 0.336. The van der Waals surface area contributed by atoms with Gasteiger partial charge in [0.25, 0.3) is 11.8 Å². The number of benzene rings is 2. The van der Waals surface area contributed by atoms with Gasteiger partial charge in [-0.15, -0.1) is 11.3 Å². The van der Waals surface area contributed by atoms with Crippen LogP contribution in [0.4, 0.5) is 11.4 Å². The third-order valence-electron chi connectivity index (χ3n) is 4.91. The number of nitrogens with zero attached hydrogens (tertiary/aromatic N) is 2. The molecule has 3 heterocycles. The average molecular weight is 463 g/mol. The Morgan fingerprint density at radius 2 is 1.78 bits per heavy atom. The first-order chi connectivity index (χ1) is 15.5. The van der Waals surface area contributed by atoms with E-state index in [-0.39, 0.29) is 11.8 Å². The van der Waals surface area contributed by atoms with Crippen molar-refractivity contribution in [3.05, 3.63) is 82.7 Å². The molecule has 3 N–H and O–H groups in total. The topological polar surface area (TPSA) is 90.8 Å². The highest BCUT2D eigenvalue weighted by Crippen LogP contribution is 2.26. The summed E-state index contributed by atoms with van der Waals surface area (Å²) in [6, 6.07) is 16.0. The molecular formula is C23H17ClN5O2S+. The van der Waals surface area contributed by atoms with Crippen LogP contribution in [0, 0.1) is 0 Å². The van der Waals surface area contributed by atoms with E-state index in [1.54, 1.807) is 42.5 Å². The molecule has 0 aliphatic rings. The molecule has 0 unspecified atom stereocenters. The molecule has 0 spiro atoms. The van der Waals surface area contributed by atoms with E-state index in [0.717, 1.165) is 21.1 Å². The Morgan fingerprint density at radius 3 is 2.56 bits per heavy atom. The number of aromatic nitrogens is 3. The third-order valence-corrected chi connectivity index (χ3v) is 6.15. The number of amides is 2. The van der Waals surface area contributed by atoms with E-state index < -0.39 is 0 Å². The van der Waals surface area contributed by atoms with E-state index in [2.05, 4.69) is 20.6 Å². The van der Waals surface area contributed by atoms with Crippen LogP contribution in [0.2, 0.25) is 5.02 Å². The van der Waals surface area contributed by atoms with Gasteiger partial charge < -0.3 is 15.6 Å². The number of para-hydroxylation sites is 2. The molecular weight excluding hydrogens is 446 g/mol. The Bertz CT molecular complexity index is 1390. The van der Waals surface area contributed by atoms with Crippen LogP contribution < -0.4 is 15.2 Å². The second-order valence-corrected chi connectivity index (χ2v) is 8.71. The van der Waals surface area contributed by atoms with Gasteiger partial charge in [0.05, 0.1) is 16.9 Å². The van der Waals surface area contributed by atoms with Crippen LogP contribution >= 0.6 is 22.9 Å². The number of nitrogens with one attached hydrogen (secondary N) is 3. The second kappa shape index (κ2) is 8.07. The number of anilines is 2. The first-order valence-corrected chi connectivity index (χ1v) is 10.9. The molecule has 7 nitrogen and oxygen atoms in total. The van der Waals surface area contributed by atoms with E-state index in [1.165, 1.54) is 11.3 Å². The number of carbonyl (C=O) groups excluding carboxylic acids is 2. The van der Waals surface area contributed by atoms with Crippen LogP contribution in [-0.4, -0.2) is 21.8 Å². The molecule has 0 aliphatic carbocycles. The molecule has 32 heavy (non-hydrogen) atoms. The molecule has 3 aromatic heterocycles. The number of aryl methyl sites for hydroxylation is 1. The minimum atomic E-state index is -0.337. The van der Waals surface area contributed by atoms with E-state index in [9.17, 15) is 9.59 Å². The Labute approximate surface area is 191 Å². The first-order valence-electron chi connectivity index (χ1n) is 9.72. The van der Waals surface area contributed by atoms with Crippen molar-refractivity contribution in [3.8, 4) is 0 Å². The van der Waals surface area contributed by atoms with Crippen molar-refractivity contribution >= 4 is 67.2 Å². The standard InChI is InChI=1S/C23H16ClN5O2S/c1-29-9-8-18-20(12-29)32-23(28-18)22(31)27-17-5-3-2-4-16(17)26-21(30)19-11-13-10-14(24)6-7-15(13)25-19/h2-12H,1H3,(H2,25,30,31)/p+1. The summed E-state index contributed by atoms with van der Waals surface area (Å²) in [5.74, 6) is -0.665. The largest absolute Gasteiger partial charge is 0.351 e. The van der Waals surface area contributed by atoms with Gasteiger partial charge in [-0.25, -0.2) is 9.55 Å². The number of hydrogen-bond acceptors (Lipinski definition) is 4. The fraction of sp³-hybridized carbons (Fsp3) is 0.0435. The van der Waals surface area contributed by atoms with Gasteiger partial charge >= 0.3 is 0 Å². The van der Waals surface area contributed by atoms with Crippen molar-refractivity contribution in [1.29, 1.82) is 0 Å². The van der Waals surface area contributed by atoms with Crippen LogP contribution in [0.3, 0.4) is 0 Å². The van der Waals surface area contributed by atoms with Crippen LogP contribution in [0.5, 0.6) is 0 Å². The van der Waals surface area contributed by atoms with Crippen molar-refractivity contribution in [2.45, 2.75) is 0 Å². The fourth-order valence-electron chi connectivity index (χ4n) is 3.36. The molecule has 0 aliphatic heterocycles. The van der Waals surface area contributed by atoms with Crippen molar-refractivity contribution in [2.75, 3.05) is 10.6 Å². The number of aromatic amines is 1.